The molecule has 3 saturated carbocycles. The Balaban J connectivity index is 1.01. The number of nitrogens with one attached hydrogen (secondary N) is 2. The summed E-state index contributed by atoms with van der Waals surface area (Å²) in [7, 11) is 0. The lowest BCUT2D eigenvalue weighted by Crippen LogP contribution is -2.71. The van der Waals surface area contributed by atoms with Crippen molar-refractivity contribution in [3.05, 3.63) is 41.5 Å². The molecule has 14 atom stereocenters. The largest absolute Gasteiger partial charge is 0.460 e. The lowest BCUT2D eigenvalue weighted by molar-refractivity contribution is -0.298. The number of carbonyl (C=O) groups excluding carboxylic acids is 4. The van der Waals surface area contributed by atoms with Gasteiger partial charge in [-0.2, -0.15) is 5.06 Å². The minimum atomic E-state index is -1.67. The summed E-state index contributed by atoms with van der Waals surface area (Å²) in [6.45, 7) is 5.32. The molecule has 8 rings (SSSR count). The molecule has 2 amide bonds. The van der Waals surface area contributed by atoms with Crippen LogP contribution in [0.15, 0.2) is 30.3 Å². The number of carbonyl (C=O) groups is 4. The van der Waals surface area contributed by atoms with Crippen molar-refractivity contribution in [3.8, 4) is 0 Å². The molecule has 0 radical (unpaired) electrons. The molecule has 20 heteroatoms. The summed E-state index contributed by atoms with van der Waals surface area (Å²) in [6.07, 6.45) is -5.07. The van der Waals surface area contributed by atoms with Crippen LogP contribution in [0.1, 0.15) is 83.8 Å². The first-order chi connectivity index (χ1) is 30.9. The van der Waals surface area contributed by atoms with E-state index in [0.29, 0.717) is 11.1 Å². The maximum absolute atomic E-state index is 15.1. The van der Waals surface area contributed by atoms with Gasteiger partial charge in [-0.15, -0.1) is 0 Å². The number of amides is 2. The van der Waals surface area contributed by atoms with Gasteiger partial charge in [0.05, 0.1) is 38.5 Å². The van der Waals surface area contributed by atoms with E-state index in [4.69, 9.17) is 33.3 Å². The van der Waals surface area contributed by atoms with Crippen LogP contribution in [0.5, 0.6) is 0 Å². The minimum absolute atomic E-state index is 0.00377. The number of hydroxylamine groups is 2. The van der Waals surface area contributed by atoms with Crippen LogP contribution in [-0.4, -0.2) is 170 Å². The van der Waals surface area contributed by atoms with E-state index in [2.05, 4.69) is 10.6 Å². The second-order valence-corrected chi connectivity index (χ2v) is 19.5. The van der Waals surface area contributed by atoms with Crippen molar-refractivity contribution < 1.29 is 83.1 Å². The molecule has 65 heavy (non-hydrogen) atoms. The molecule has 360 valence electrons. The summed E-state index contributed by atoms with van der Waals surface area (Å²) in [5.41, 5.74) is -1.01. The first-order valence-corrected chi connectivity index (χ1v) is 22.7. The van der Waals surface area contributed by atoms with E-state index in [1.807, 2.05) is 18.2 Å². The first-order valence-electron chi connectivity index (χ1n) is 22.7. The zero-order valence-electron chi connectivity index (χ0n) is 37.0. The van der Waals surface area contributed by atoms with Crippen molar-refractivity contribution in [2.75, 3.05) is 19.8 Å². The lowest BCUT2D eigenvalue weighted by atomic mass is 9.62. The summed E-state index contributed by atoms with van der Waals surface area (Å²) >= 11 is 0. The average Bonchev–Trinajstić information content (AvgIpc) is 4.21. The molecule has 0 unspecified atom stereocenters. The van der Waals surface area contributed by atoms with E-state index >= 15 is 4.79 Å². The van der Waals surface area contributed by atoms with Crippen LogP contribution in [0.2, 0.25) is 0 Å². The Hall–Kier alpha value is -3.64. The number of fused-ring (bicyclic) bond motifs is 4. The molecule has 1 aromatic carbocycles. The van der Waals surface area contributed by atoms with Crippen molar-refractivity contribution in [2.24, 2.45) is 17.3 Å². The second kappa shape index (κ2) is 18.8. The van der Waals surface area contributed by atoms with Crippen LogP contribution in [0.3, 0.4) is 0 Å². The third-order valence-electron chi connectivity index (χ3n) is 13.4. The van der Waals surface area contributed by atoms with Gasteiger partial charge in [0.25, 0.3) is 0 Å². The molecule has 7 fully saturated rings. The van der Waals surface area contributed by atoms with E-state index in [1.54, 1.807) is 39.0 Å². The van der Waals surface area contributed by atoms with Gasteiger partial charge in [0, 0.05) is 24.7 Å². The monoisotopic (exact) mass is 917 g/mol. The average molecular weight is 918 g/mol. The number of benzene rings is 1. The highest BCUT2D eigenvalue weighted by atomic mass is 16.8. The number of ether oxygens (including phenoxy) is 6. The van der Waals surface area contributed by atoms with Crippen LogP contribution in [-0.2, 0) is 59.0 Å². The molecule has 0 aromatic heterocycles. The normalized spacial score (nSPS) is 35.5. The fraction of sp³-hybridized carbons (Fsp3) is 0.733. The quantitative estimate of drug-likeness (QED) is 0.0827. The number of esters is 2. The maximum atomic E-state index is 15.1. The van der Waals surface area contributed by atoms with Crippen molar-refractivity contribution in [3.63, 3.8) is 0 Å². The lowest BCUT2D eigenvalue weighted by Gasteiger charge is -2.49. The smallest absolute Gasteiger partial charge is 0.327 e. The highest BCUT2D eigenvalue weighted by Gasteiger charge is 2.78. The Morgan fingerprint density at radius 2 is 1.71 bits per heavy atom. The van der Waals surface area contributed by atoms with Crippen molar-refractivity contribution in [1.29, 1.82) is 0 Å². The Morgan fingerprint density at radius 3 is 2.35 bits per heavy atom. The molecule has 4 heterocycles. The number of nitrogens with zero attached hydrogens (tertiary/aromatic N) is 1. The molecule has 4 saturated heterocycles. The van der Waals surface area contributed by atoms with Gasteiger partial charge in [-0.1, -0.05) is 36.4 Å². The summed E-state index contributed by atoms with van der Waals surface area (Å²) in [6, 6.07) is 3.49. The van der Waals surface area contributed by atoms with Crippen LogP contribution in [0.25, 0.3) is 6.08 Å². The number of hydrogen-bond acceptors (Lipinski definition) is 18. The minimum Gasteiger partial charge on any atom is -0.460 e. The van der Waals surface area contributed by atoms with Crippen LogP contribution in [0.4, 0.5) is 0 Å². The van der Waals surface area contributed by atoms with Crippen molar-refractivity contribution in [2.45, 2.75) is 170 Å². The van der Waals surface area contributed by atoms with Crippen molar-refractivity contribution >= 4 is 29.8 Å². The topological polar surface area (TPSA) is 282 Å². The van der Waals surface area contributed by atoms with Crippen LogP contribution < -0.4 is 10.6 Å². The Morgan fingerprint density at radius 1 is 1.00 bits per heavy atom. The van der Waals surface area contributed by atoms with Gasteiger partial charge in [-0.05, 0) is 70.9 Å². The summed E-state index contributed by atoms with van der Waals surface area (Å²) in [5.74, 6) is -3.41. The maximum Gasteiger partial charge on any atom is 0.327 e. The van der Waals surface area contributed by atoms with Gasteiger partial charge >= 0.3 is 11.9 Å². The van der Waals surface area contributed by atoms with E-state index in [-0.39, 0.29) is 44.2 Å². The highest BCUT2D eigenvalue weighted by molar-refractivity contribution is 5.96. The Labute approximate surface area is 376 Å². The van der Waals surface area contributed by atoms with Gasteiger partial charge in [-0.25, -0.2) is 0 Å². The molecule has 2 bridgehead atoms. The fourth-order valence-corrected chi connectivity index (χ4v) is 10.0. The molecule has 4 aliphatic heterocycles. The summed E-state index contributed by atoms with van der Waals surface area (Å²) in [5, 5.41) is 67.8. The zero-order valence-corrected chi connectivity index (χ0v) is 37.0. The third-order valence-corrected chi connectivity index (χ3v) is 13.4. The number of aliphatic hydroxyl groups is 6. The third kappa shape index (κ3) is 9.60. The van der Waals surface area contributed by atoms with E-state index in [1.165, 1.54) is 12.0 Å². The first kappa shape index (κ1) is 47.8. The van der Waals surface area contributed by atoms with Gasteiger partial charge in [-0.3, -0.25) is 24.0 Å². The molecule has 1 aromatic rings. The zero-order chi connectivity index (χ0) is 46.6. The predicted octanol–water partition coefficient (Wildman–Crippen LogP) is -0.919. The molecular weight excluding hydrogens is 854 g/mol. The fourth-order valence-electron chi connectivity index (χ4n) is 10.0. The number of hydrogen-bond donors (Lipinski definition) is 8. The molecule has 20 nitrogen and oxygen atoms in total. The number of aliphatic hydroxyl groups excluding tert-OH is 6. The molecule has 0 spiro atoms. The Kier molecular flexibility index (Phi) is 13.8. The van der Waals surface area contributed by atoms with Gasteiger partial charge in [0.1, 0.15) is 65.9 Å². The second-order valence-electron chi connectivity index (χ2n) is 19.5. The molecule has 8 N–H and O–H groups in total. The molecular formula is C45H63N3O17. The van der Waals surface area contributed by atoms with Crippen LogP contribution >= 0.6 is 0 Å². The van der Waals surface area contributed by atoms with Gasteiger partial charge in [0.2, 0.25) is 11.8 Å². The SMILES string of the molecule is C[C@H](O)[C@@H](NC(=O)[C@@]12C[C@H]3OC(=O)[C@@H]1N(Cc1cccc(C=CCO[C@H]4O[C@H](CO)[C@H](O)[C@H](O)[C@H]4O)c1)O[C@@H]2[C@H]1OC(C2CC2)(C2CC2)O[C@H]13)C(=O)N[C@H](CO)CCC(=O)OC(C)(C)C. The summed E-state index contributed by atoms with van der Waals surface area (Å²) < 4.78 is 36.2. The van der Waals surface area contributed by atoms with E-state index < -0.39 is 133 Å². The van der Waals surface area contributed by atoms with Gasteiger partial charge < -0.3 is 69.7 Å². The van der Waals surface area contributed by atoms with E-state index in [9.17, 15) is 45.0 Å². The van der Waals surface area contributed by atoms with Gasteiger partial charge in [0.15, 0.2) is 18.1 Å². The highest BCUT2D eigenvalue weighted by Crippen LogP contribution is 2.64. The standard InChI is InChI=1S/C45H63N3O17/c1-22(51)31(39(56)46-27(20-49)14-15-30(52)62-43(2,3)4)47-42(58)44-18-28-35-36(64-45(63-35,25-10-11-25)26-12-13-26)38(44)65-48(37(44)40(57)60-28)19-24-8-5-7-23(17-24)9-6-16-59-41-34(55)33(54)32(53)29(21-50)61-41/h5-9,17,22,25-29,31-38,41,49-51,53-55H,10-16,18-21H2,1-4H3,(H,46,56)(H,47,58)/t22-,27-,28+,29+,31+,32-,33-,34+,35-,36-,37-,38+,41-,44-/m0/s1. The number of rotatable bonds is 18. The Bertz CT molecular complexity index is 1940. The van der Waals surface area contributed by atoms with Crippen molar-refractivity contribution in [1.82, 2.24) is 15.7 Å². The molecule has 3 aliphatic carbocycles. The van der Waals surface area contributed by atoms with E-state index in [0.717, 1.165) is 25.7 Å². The molecule has 7 aliphatic rings. The van der Waals surface area contributed by atoms with Crippen LogP contribution in [0, 0.1) is 17.3 Å². The summed E-state index contributed by atoms with van der Waals surface area (Å²) in [4.78, 5) is 62.4. The predicted molar refractivity (Wildman–Crippen MR) is 222 cm³/mol.